The van der Waals surface area contributed by atoms with Gasteiger partial charge >= 0.3 is 29.6 Å². The first-order chi connectivity index (χ1) is 7.74. The Morgan fingerprint density at radius 2 is 2.24 bits per heavy atom. The van der Waals surface area contributed by atoms with Gasteiger partial charge in [-0.3, -0.25) is 4.79 Å². The summed E-state index contributed by atoms with van der Waals surface area (Å²) in [6.07, 6.45) is 1.61. The molecule has 0 bridgehead atoms. The summed E-state index contributed by atoms with van der Waals surface area (Å²) in [6, 6.07) is 5.30. The van der Waals surface area contributed by atoms with Crippen molar-refractivity contribution in [2.45, 2.75) is 0 Å². The molecule has 5 nitrogen and oxygen atoms in total. The van der Waals surface area contributed by atoms with E-state index in [0.717, 1.165) is 0 Å². The molecule has 0 aliphatic carbocycles. The average Bonchev–Trinajstić information content (AvgIpc) is 2.56. The monoisotopic (exact) mass is 261 g/mol. The molecule has 1 amide bonds. The molecule has 1 aliphatic heterocycles. The van der Waals surface area contributed by atoms with Gasteiger partial charge in [0, 0.05) is 12.7 Å². The van der Waals surface area contributed by atoms with E-state index >= 15 is 0 Å². The second kappa shape index (κ2) is 6.42. The van der Waals surface area contributed by atoms with Crippen LogP contribution in [-0.2, 0) is 4.79 Å². The molecule has 0 spiro atoms. The van der Waals surface area contributed by atoms with Crippen LogP contribution in [0.2, 0.25) is 0 Å². The first-order valence-corrected chi connectivity index (χ1v) is 5.28. The Morgan fingerprint density at radius 3 is 2.82 bits per heavy atom. The van der Waals surface area contributed by atoms with Gasteiger partial charge in [0.2, 0.25) is 0 Å². The van der Waals surface area contributed by atoms with E-state index in [4.69, 9.17) is 17.3 Å². The van der Waals surface area contributed by atoms with E-state index in [2.05, 4.69) is 4.98 Å². The third kappa shape index (κ3) is 3.02. The zero-order valence-electron chi connectivity index (χ0n) is 8.54. The van der Waals surface area contributed by atoms with Crippen LogP contribution in [-0.4, -0.2) is 75.3 Å². The van der Waals surface area contributed by atoms with Crippen LogP contribution in [0.4, 0.5) is 5.82 Å². The van der Waals surface area contributed by atoms with Crippen LogP contribution in [0.5, 0.6) is 0 Å². The van der Waals surface area contributed by atoms with Gasteiger partial charge in [0.25, 0.3) is 5.91 Å². The second-order valence-corrected chi connectivity index (χ2v) is 3.71. The van der Waals surface area contributed by atoms with Crippen LogP contribution in [0.3, 0.4) is 0 Å². The van der Waals surface area contributed by atoms with E-state index in [0.29, 0.717) is 17.5 Å². The summed E-state index contributed by atoms with van der Waals surface area (Å²) in [6.45, 7) is 0.549. The Kier molecular flexibility index (Phi) is 5.48. The molecular formula is C10H12N3NaO2S. The maximum absolute atomic E-state index is 11.7. The molecule has 2 rings (SSSR count). The van der Waals surface area contributed by atoms with Crippen molar-refractivity contribution in [3.8, 4) is 0 Å². The molecule has 0 radical (unpaired) electrons. The van der Waals surface area contributed by atoms with Gasteiger partial charge in [-0.15, -0.1) is 0 Å². The van der Waals surface area contributed by atoms with Gasteiger partial charge in [-0.25, -0.2) is 9.88 Å². The van der Waals surface area contributed by atoms with Gasteiger partial charge < -0.3 is 10.0 Å². The molecule has 0 saturated carbocycles. The number of anilines is 1. The van der Waals surface area contributed by atoms with E-state index in [1.54, 1.807) is 29.3 Å². The van der Waals surface area contributed by atoms with Crippen molar-refractivity contribution in [3.05, 3.63) is 24.4 Å². The molecule has 1 fully saturated rings. The number of thiocarbonyl (C=S) groups is 1. The van der Waals surface area contributed by atoms with Crippen molar-refractivity contribution in [1.82, 2.24) is 9.88 Å². The van der Waals surface area contributed by atoms with Crippen molar-refractivity contribution in [2.75, 3.05) is 24.6 Å². The van der Waals surface area contributed by atoms with Crippen molar-refractivity contribution in [3.63, 3.8) is 0 Å². The summed E-state index contributed by atoms with van der Waals surface area (Å²) in [5, 5.41) is 9.24. The fourth-order valence-corrected chi connectivity index (χ4v) is 1.91. The predicted molar refractivity (Wildman–Crippen MR) is 70.1 cm³/mol. The number of aliphatic hydroxyl groups is 1. The summed E-state index contributed by atoms with van der Waals surface area (Å²) >= 11 is 5.17. The Bertz CT molecular complexity index is 415. The quantitative estimate of drug-likeness (QED) is 0.579. The number of hydrogen-bond acceptors (Lipinski definition) is 4. The fourth-order valence-electron chi connectivity index (χ4n) is 1.56. The Hall–Kier alpha value is -0.530. The SMILES string of the molecule is O=C1CN(CCO)C(=S)N1c1ccccn1.[NaH]. The molecule has 0 atom stereocenters. The van der Waals surface area contributed by atoms with Gasteiger partial charge in [0.15, 0.2) is 5.11 Å². The summed E-state index contributed by atoms with van der Waals surface area (Å²) in [4.78, 5) is 18.9. The van der Waals surface area contributed by atoms with Crippen molar-refractivity contribution < 1.29 is 9.90 Å². The third-order valence-electron chi connectivity index (χ3n) is 2.29. The van der Waals surface area contributed by atoms with E-state index < -0.39 is 0 Å². The molecule has 1 N–H and O–H groups in total. The minimum absolute atomic E-state index is 0. The Morgan fingerprint density at radius 1 is 1.47 bits per heavy atom. The van der Waals surface area contributed by atoms with E-state index in [1.807, 2.05) is 0 Å². The van der Waals surface area contributed by atoms with Crippen LogP contribution >= 0.6 is 12.2 Å². The van der Waals surface area contributed by atoms with E-state index in [9.17, 15) is 4.79 Å². The van der Waals surface area contributed by atoms with Crippen molar-refractivity contribution in [1.29, 1.82) is 0 Å². The number of carbonyl (C=O) groups excluding carboxylic acids is 1. The van der Waals surface area contributed by atoms with Crippen LogP contribution in [0, 0.1) is 0 Å². The fraction of sp³-hybridized carbons (Fsp3) is 0.300. The maximum atomic E-state index is 11.7. The standard InChI is InChI=1S/C10H11N3O2S.Na.H/c14-6-5-12-7-9(15)13(10(12)16)8-3-1-2-4-11-8;;/h1-4,14H,5-7H2;;. The van der Waals surface area contributed by atoms with E-state index in [-0.39, 0.29) is 48.6 Å². The summed E-state index contributed by atoms with van der Waals surface area (Å²) in [7, 11) is 0. The number of pyridine rings is 1. The van der Waals surface area contributed by atoms with Crippen molar-refractivity contribution >= 4 is 58.6 Å². The number of hydrogen-bond donors (Lipinski definition) is 1. The number of amides is 1. The Labute approximate surface area is 127 Å². The topological polar surface area (TPSA) is 56.7 Å². The molecule has 17 heavy (non-hydrogen) atoms. The summed E-state index contributed by atoms with van der Waals surface area (Å²) in [5.74, 6) is 0.412. The first kappa shape index (κ1) is 14.5. The van der Waals surface area contributed by atoms with Crippen molar-refractivity contribution in [2.24, 2.45) is 0 Å². The number of aliphatic hydroxyl groups excluding tert-OH is 1. The molecule has 0 aromatic carbocycles. The molecule has 7 heteroatoms. The number of rotatable bonds is 3. The van der Waals surface area contributed by atoms with Crippen LogP contribution in [0.1, 0.15) is 0 Å². The normalized spacial score (nSPS) is 15.1. The number of aromatic nitrogens is 1. The zero-order chi connectivity index (χ0) is 11.5. The van der Waals surface area contributed by atoms with Gasteiger partial charge in [0.1, 0.15) is 12.4 Å². The molecule has 1 saturated heterocycles. The summed E-state index contributed by atoms with van der Waals surface area (Å²) in [5.41, 5.74) is 0. The molecule has 1 aromatic rings. The minimum atomic E-state index is -0.114. The van der Waals surface area contributed by atoms with Gasteiger partial charge in [-0.2, -0.15) is 0 Å². The number of carbonyl (C=O) groups is 1. The number of β-amino-alcohol motifs (C(OH)–C–C–N with tert-alkyl or cyclic N) is 1. The molecule has 2 heterocycles. The van der Waals surface area contributed by atoms with Gasteiger partial charge in [-0.05, 0) is 24.4 Å². The molecule has 1 aliphatic rings. The molecule has 0 unspecified atom stereocenters. The zero-order valence-corrected chi connectivity index (χ0v) is 9.35. The molecule has 1 aromatic heterocycles. The van der Waals surface area contributed by atoms with Crippen LogP contribution in [0.15, 0.2) is 24.4 Å². The second-order valence-electron chi connectivity index (χ2n) is 3.34. The Balaban J connectivity index is 0.00000144. The van der Waals surface area contributed by atoms with Crippen LogP contribution < -0.4 is 4.90 Å². The van der Waals surface area contributed by atoms with Gasteiger partial charge in [0.05, 0.1) is 6.61 Å². The average molecular weight is 261 g/mol. The first-order valence-electron chi connectivity index (χ1n) is 4.88. The number of nitrogens with zero attached hydrogens (tertiary/aromatic N) is 3. The summed E-state index contributed by atoms with van der Waals surface area (Å²) < 4.78 is 0. The molecular weight excluding hydrogens is 249 g/mol. The predicted octanol–water partition coefficient (Wildman–Crippen LogP) is -0.641. The van der Waals surface area contributed by atoms with Crippen LogP contribution in [0.25, 0.3) is 0 Å². The van der Waals surface area contributed by atoms with Gasteiger partial charge in [-0.1, -0.05) is 6.07 Å². The third-order valence-corrected chi connectivity index (χ3v) is 2.73. The van der Waals surface area contributed by atoms with E-state index in [1.165, 1.54) is 4.90 Å². The molecule has 86 valence electrons.